The van der Waals surface area contributed by atoms with Crippen molar-refractivity contribution in [1.82, 2.24) is 4.57 Å². The smallest absolute Gasteiger partial charge is 0.338 e. The molecule has 0 fully saturated rings. The van der Waals surface area contributed by atoms with Gasteiger partial charge in [-0.3, -0.25) is 9.36 Å². The van der Waals surface area contributed by atoms with Crippen molar-refractivity contribution in [2.24, 2.45) is 4.99 Å². The molecule has 0 N–H and O–H groups in total. The maximum Gasteiger partial charge on any atom is 0.338 e. The third kappa shape index (κ3) is 6.13. The van der Waals surface area contributed by atoms with Gasteiger partial charge in [-0.1, -0.05) is 107 Å². The van der Waals surface area contributed by atoms with Crippen LogP contribution in [0.1, 0.15) is 35.2 Å². The summed E-state index contributed by atoms with van der Waals surface area (Å²) in [7, 11) is 0. The Balaban J connectivity index is 1.52. The molecule has 0 amide bonds. The lowest BCUT2D eigenvalue weighted by molar-refractivity contribution is -0.138. The van der Waals surface area contributed by atoms with Crippen molar-refractivity contribution >= 4 is 52.3 Å². The lowest BCUT2D eigenvalue weighted by Crippen LogP contribution is -2.40. The minimum Gasteiger partial charge on any atom is -0.488 e. The third-order valence-corrected chi connectivity index (χ3v) is 8.53. The highest BCUT2D eigenvalue weighted by molar-refractivity contribution is 7.07. The molecule has 0 bridgehead atoms. The van der Waals surface area contributed by atoms with Crippen LogP contribution in [-0.4, -0.2) is 17.1 Å². The lowest BCUT2D eigenvalue weighted by Gasteiger charge is -2.25. The maximum atomic E-state index is 14.2. The van der Waals surface area contributed by atoms with Crippen molar-refractivity contribution in [2.75, 3.05) is 6.61 Å². The minimum atomic E-state index is -0.746. The molecule has 0 radical (unpaired) electrons. The molecule has 6 rings (SSSR count). The van der Waals surface area contributed by atoms with E-state index in [9.17, 15) is 9.59 Å². The summed E-state index contributed by atoms with van der Waals surface area (Å²) in [6.07, 6.45) is 1.76. The molecule has 1 aliphatic heterocycles. The Morgan fingerprint density at radius 1 is 0.932 bits per heavy atom. The zero-order valence-corrected chi connectivity index (χ0v) is 25.9. The van der Waals surface area contributed by atoms with E-state index >= 15 is 0 Å². The Morgan fingerprint density at radius 3 is 2.32 bits per heavy atom. The number of thiazole rings is 1. The highest BCUT2D eigenvalue weighted by atomic mass is 35.5. The fraction of sp³-hybridized carbons (Fsp3) is 0.114. The summed E-state index contributed by atoms with van der Waals surface area (Å²) in [5.74, 6) is 0.0398. The average Bonchev–Trinajstić information content (AvgIpc) is 3.35. The number of halogens is 2. The van der Waals surface area contributed by atoms with Crippen LogP contribution in [0.2, 0.25) is 10.0 Å². The predicted octanol–water partition coefficient (Wildman–Crippen LogP) is 6.82. The van der Waals surface area contributed by atoms with Gasteiger partial charge in [0, 0.05) is 21.2 Å². The first-order valence-electron chi connectivity index (χ1n) is 13.9. The van der Waals surface area contributed by atoms with E-state index in [1.807, 2.05) is 72.8 Å². The Labute approximate surface area is 267 Å². The highest BCUT2D eigenvalue weighted by Crippen LogP contribution is 2.35. The molecule has 0 spiro atoms. The monoisotopic (exact) mass is 640 g/mol. The van der Waals surface area contributed by atoms with Crippen molar-refractivity contribution in [3.63, 3.8) is 0 Å². The number of esters is 1. The van der Waals surface area contributed by atoms with E-state index in [2.05, 4.69) is 0 Å². The fourth-order valence-corrected chi connectivity index (χ4v) is 6.34. The van der Waals surface area contributed by atoms with Crippen molar-refractivity contribution in [3.05, 3.63) is 161 Å². The first-order chi connectivity index (χ1) is 21.4. The SMILES string of the molecule is CCOC(=O)C1=C(c2ccccc2)N=c2s/c(=C\c3cc(Cl)ccc3OCc3ccc(Cl)cc3)c(=O)n2[C@@H]1c1ccccc1. The zero-order chi connectivity index (χ0) is 30.6. The van der Waals surface area contributed by atoms with E-state index in [1.165, 1.54) is 11.3 Å². The molecule has 0 saturated heterocycles. The Bertz CT molecular complexity index is 2040. The number of hydrogen-bond acceptors (Lipinski definition) is 6. The molecule has 220 valence electrons. The number of nitrogens with zero attached hydrogens (tertiary/aromatic N) is 2. The van der Waals surface area contributed by atoms with E-state index in [0.29, 0.717) is 48.6 Å². The Hall–Kier alpha value is -4.43. The van der Waals surface area contributed by atoms with Crippen LogP contribution in [0.4, 0.5) is 0 Å². The number of fused-ring (bicyclic) bond motifs is 1. The number of ether oxygens (including phenoxy) is 2. The second-order valence-corrected chi connectivity index (χ2v) is 11.8. The molecule has 0 unspecified atom stereocenters. The lowest BCUT2D eigenvalue weighted by atomic mass is 9.93. The van der Waals surface area contributed by atoms with Gasteiger partial charge in [-0.2, -0.15) is 0 Å². The van der Waals surface area contributed by atoms with Crippen LogP contribution in [-0.2, 0) is 16.1 Å². The van der Waals surface area contributed by atoms with Crippen molar-refractivity contribution in [1.29, 1.82) is 0 Å². The summed E-state index contributed by atoms with van der Waals surface area (Å²) < 4.78 is 13.7. The number of carbonyl (C=O) groups excluding carboxylic acids is 1. The van der Waals surface area contributed by atoms with Gasteiger partial charge in [-0.05, 0) is 54.5 Å². The molecular formula is C35H26Cl2N2O4S. The van der Waals surface area contributed by atoms with E-state index in [1.54, 1.807) is 47.9 Å². The number of hydrogen-bond donors (Lipinski definition) is 0. The van der Waals surface area contributed by atoms with Crippen molar-refractivity contribution in [2.45, 2.75) is 19.6 Å². The van der Waals surface area contributed by atoms with Crippen molar-refractivity contribution < 1.29 is 14.3 Å². The number of rotatable bonds is 8. The quantitative estimate of drug-likeness (QED) is 0.175. The molecule has 6 nitrogen and oxygen atoms in total. The van der Waals surface area contributed by atoms with E-state index < -0.39 is 12.0 Å². The molecule has 5 aromatic rings. The number of benzene rings is 4. The van der Waals surface area contributed by atoms with Crippen LogP contribution >= 0.6 is 34.5 Å². The standard InChI is InChI=1S/C35H26Cl2N2O4S/c1-2-42-34(41)30-31(23-9-5-3-6-10-23)38-35-39(32(30)24-11-7-4-8-12-24)33(40)29(44-35)20-25-19-27(37)17-18-28(25)43-21-22-13-15-26(36)16-14-22/h3-20,32H,2,21H2,1H3/b29-20-/t32-/m1/s1. The fourth-order valence-electron chi connectivity index (χ4n) is 5.04. The van der Waals surface area contributed by atoms with Gasteiger partial charge in [0.25, 0.3) is 5.56 Å². The van der Waals surface area contributed by atoms with Gasteiger partial charge < -0.3 is 9.47 Å². The second-order valence-electron chi connectivity index (χ2n) is 9.94. The summed E-state index contributed by atoms with van der Waals surface area (Å²) in [4.78, 5) is 33.1. The highest BCUT2D eigenvalue weighted by Gasteiger charge is 2.35. The average molecular weight is 642 g/mol. The van der Waals surface area contributed by atoms with E-state index in [-0.39, 0.29) is 12.2 Å². The van der Waals surface area contributed by atoms with Crippen LogP contribution in [0.3, 0.4) is 0 Å². The van der Waals surface area contributed by atoms with Crippen LogP contribution < -0.4 is 19.6 Å². The first-order valence-corrected chi connectivity index (χ1v) is 15.5. The summed E-state index contributed by atoms with van der Waals surface area (Å²) in [6, 6.07) is 30.8. The van der Waals surface area contributed by atoms with E-state index in [0.717, 1.165) is 16.7 Å². The van der Waals surface area contributed by atoms with Crippen molar-refractivity contribution in [3.8, 4) is 5.75 Å². The molecule has 1 atom stereocenters. The second kappa shape index (κ2) is 13.1. The summed E-state index contributed by atoms with van der Waals surface area (Å²) in [5.41, 5.74) is 3.58. The van der Waals surface area contributed by atoms with Gasteiger partial charge in [0.15, 0.2) is 4.80 Å². The Morgan fingerprint density at radius 2 is 1.61 bits per heavy atom. The van der Waals surface area contributed by atoms with Gasteiger partial charge in [-0.15, -0.1) is 0 Å². The molecule has 1 aromatic heterocycles. The normalized spacial score (nSPS) is 14.6. The molecule has 4 aromatic carbocycles. The topological polar surface area (TPSA) is 69.9 Å². The van der Waals surface area contributed by atoms with Crippen LogP contribution in [0.5, 0.6) is 5.75 Å². The molecule has 2 heterocycles. The Kier molecular flexibility index (Phi) is 8.79. The zero-order valence-electron chi connectivity index (χ0n) is 23.6. The summed E-state index contributed by atoms with van der Waals surface area (Å²) in [5, 5.41) is 1.15. The van der Waals surface area contributed by atoms with Crippen LogP contribution in [0.25, 0.3) is 11.8 Å². The van der Waals surface area contributed by atoms with Gasteiger partial charge in [0.05, 0.1) is 28.5 Å². The largest absolute Gasteiger partial charge is 0.488 e. The van der Waals surface area contributed by atoms with Gasteiger partial charge in [-0.25, -0.2) is 9.79 Å². The maximum absolute atomic E-state index is 14.2. The molecule has 1 aliphatic rings. The van der Waals surface area contributed by atoms with E-state index in [4.69, 9.17) is 37.7 Å². The molecular weight excluding hydrogens is 615 g/mol. The summed E-state index contributed by atoms with van der Waals surface area (Å²) in [6.45, 7) is 2.24. The molecule has 9 heteroatoms. The van der Waals surface area contributed by atoms with Gasteiger partial charge >= 0.3 is 5.97 Å². The molecule has 0 saturated carbocycles. The third-order valence-electron chi connectivity index (χ3n) is 7.06. The van der Waals surface area contributed by atoms with Crippen LogP contribution in [0, 0.1) is 0 Å². The number of carbonyl (C=O) groups is 1. The van der Waals surface area contributed by atoms with Gasteiger partial charge in [0.2, 0.25) is 0 Å². The minimum absolute atomic E-state index is 0.184. The van der Waals surface area contributed by atoms with Gasteiger partial charge in [0.1, 0.15) is 12.4 Å². The molecule has 44 heavy (non-hydrogen) atoms. The summed E-state index contributed by atoms with van der Waals surface area (Å²) >= 11 is 13.7. The number of aromatic nitrogens is 1. The first kappa shape index (κ1) is 29.6. The van der Waals surface area contributed by atoms with Crippen LogP contribution in [0.15, 0.2) is 118 Å². The predicted molar refractivity (Wildman–Crippen MR) is 175 cm³/mol. The molecule has 0 aliphatic carbocycles.